The zero-order chi connectivity index (χ0) is 20.4. The standard InChI is InChI=1S/C23H39BN2O2/c1-22(2,25)18-9-13-26(14-10-18)16-19(23(27)11-5-4-6-12-23)17-7-8-21(28-3)20(24)15-17/h7-8,15,18-19,27H,4-6,9-14,16,24-25H2,1-3H3. The van der Waals surface area contributed by atoms with E-state index in [1.807, 2.05) is 0 Å². The number of aliphatic hydroxyl groups is 1. The molecule has 3 rings (SSSR count). The van der Waals surface area contributed by atoms with Gasteiger partial charge in [-0.25, -0.2) is 0 Å². The van der Waals surface area contributed by atoms with Gasteiger partial charge in [0.1, 0.15) is 13.6 Å². The molecule has 1 saturated carbocycles. The first-order valence-electron chi connectivity index (χ1n) is 11.1. The maximum atomic E-state index is 11.6. The van der Waals surface area contributed by atoms with Gasteiger partial charge in [0.05, 0.1) is 12.7 Å². The van der Waals surface area contributed by atoms with E-state index in [1.54, 1.807) is 7.11 Å². The predicted octanol–water partition coefficient (Wildman–Crippen LogP) is 2.18. The first-order valence-corrected chi connectivity index (χ1v) is 11.1. The zero-order valence-electron chi connectivity index (χ0n) is 18.3. The van der Waals surface area contributed by atoms with Crippen LogP contribution in [0, 0.1) is 5.92 Å². The summed E-state index contributed by atoms with van der Waals surface area (Å²) in [5, 5.41) is 11.6. The number of rotatable bonds is 6. The molecule has 0 amide bonds. The largest absolute Gasteiger partial charge is 0.497 e. The molecule has 5 heteroatoms. The maximum Gasteiger partial charge on any atom is 0.144 e. The Kier molecular flexibility index (Phi) is 6.78. The van der Waals surface area contributed by atoms with Crippen LogP contribution in [0.15, 0.2) is 18.2 Å². The Hall–Kier alpha value is -1.04. The fourth-order valence-electron chi connectivity index (χ4n) is 5.33. The van der Waals surface area contributed by atoms with Gasteiger partial charge in [0.25, 0.3) is 0 Å². The van der Waals surface area contributed by atoms with Crippen LogP contribution < -0.4 is 15.9 Å². The van der Waals surface area contributed by atoms with Gasteiger partial charge in [-0.1, -0.05) is 31.4 Å². The van der Waals surface area contributed by atoms with Crippen LogP contribution in [0.2, 0.25) is 0 Å². The van der Waals surface area contributed by atoms with Gasteiger partial charge >= 0.3 is 0 Å². The molecule has 1 aliphatic carbocycles. The minimum atomic E-state index is -0.594. The molecule has 1 aromatic rings. The van der Waals surface area contributed by atoms with Crippen molar-refractivity contribution in [2.75, 3.05) is 26.7 Å². The summed E-state index contributed by atoms with van der Waals surface area (Å²) in [6.07, 6.45) is 7.63. The van der Waals surface area contributed by atoms with Crippen molar-refractivity contribution in [3.05, 3.63) is 23.8 Å². The third-order valence-electron chi connectivity index (χ3n) is 7.27. The lowest BCUT2D eigenvalue weighted by Crippen LogP contribution is -2.50. The van der Waals surface area contributed by atoms with Gasteiger partial charge in [-0.2, -0.15) is 0 Å². The normalized spacial score (nSPS) is 22.8. The summed E-state index contributed by atoms with van der Waals surface area (Å²) in [4.78, 5) is 2.55. The molecule has 3 N–H and O–H groups in total. The SMILES string of the molecule is Bc1cc(C(CN2CCC(C(C)(C)N)CC2)C2(O)CCCCC2)ccc1OC. The highest BCUT2D eigenvalue weighted by molar-refractivity contribution is 6.34. The molecule has 0 radical (unpaired) electrons. The quantitative estimate of drug-likeness (QED) is 0.736. The molecular formula is C23H39BN2O2. The third-order valence-corrected chi connectivity index (χ3v) is 7.27. The highest BCUT2D eigenvalue weighted by atomic mass is 16.5. The summed E-state index contributed by atoms with van der Waals surface area (Å²) >= 11 is 0. The Labute approximate surface area is 172 Å². The average molecular weight is 386 g/mol. The highest BCUT2D eigenvalue weighted by Crippen LogP contribution is 2.41. The molecule has 156 valence electrons. The molecule has 1 saturated heterocycles. The van der Waals surface area contributed by atoms with Crippen molar-refractivity contribution in [2.24, 2.45) is 11.7 Å². The fourth-order valence-corrected chi connectivity index (χ4v) is 5.33. The lowest BCUT2D eigenvalue weighted by molar-refractivity contribution is -0.0339. The second-order valence-corrected chi connectivity index (χ2v) is 9.84. The van der Waals surface area contributed by atoms with Crippen molar-refractivity contribution >= 4 is 13.3 Å². The zero-order valence-corrected chi connectivity index (χ0v) is 18.3. The summed E-state index contributed by atoms with van der Waals surface area (Å²) in [5.41, 5.74) is 8.07. The summed E-state index contributed by atoms with van der Waals surface area (Å²) in [5.74, 6) is 1.66. The van der Waals surface area contributed by atoms with Crippen LogP contribution >= 0.6 is 0 Å². The first-order chi connectivity index (χ1) is 13.2. The molecule has 1 unspecified atom stereocenters. The van der Waals surface area contributed by atoms with Gasteiger partial charge in [-0.05, 0) is 75.6 Å². The summed E-state index contributed by atoms with van der Waals surface area (Å²) in [6, 6.07) is 6.46. The van der Waals surface area contributed by atoms with Crippen molar-refractivity contribution in [3.63, 3.8) is 0 Å². The second-order valence-electron chi connectivity index (χ2n) is 9.84. The Balaban J connectivity index is 1.79. The fraction of sp³-hybridized carbons (Fsp3) is 0.739. The molecule has 1 heterocycles. The first kappa shape index (κ1) is 21.7. The van der Waals surface area contributed by atoms with Crippen molar-refractivity contribution in [1.82, 2.24) is 4.90 Å². The van der Waals surface area contributed by atoms with Gasteiger partial charge in [-0.3, -0.25) is 0 Å². The van der Waals surface area contributed by atoms with E-state index in [0.29, 0.717) is 5.92 Å². The Morgan fingerprint density at radius 3 is 2.43 bits per heavy atom. The summed E-state index contributed by atoms with van der Waals surface area (Å²) < 4.78 is 5.46. The van der Waals surface area contributed by atoms with Crippen LogP contribution in [-0.4, -0.2) is 55.7 Å². The molecule has 0 bridgehead atoms. The van der Waals surface area contributed by atoms with Crippen LogP contribution in [0.1, 0.15) is 70.3 Å². The predicted molar refractivity (Wildman–Crippen MR) is 119 cm³/mol. The second kappa shape index (κ2) is 8.77. The van der Waals surface area contributed by atoms with Crippen molar-refractivity contribution in [3.8, 4) is 5.75 Å². The molecule has 1 atom stereocenters. The van der Waals surface area contributed by atoms with Gasteiger partial charge in [0.2, 0.25) is 0 Å². The van der Waals surface area contributed by atoms with E-state index in [2.05, 4.69) is 44.8 Å². The number of hydrogen-bond acceptors (Lipinski definition) is 4. The smallest absolute Gasteiger partial charge is 0.144 e. The van der Waals surface area contributed by atoms with Crippen molar-refractivity contribution in [1.29, 1.82) is 0 Å². The molecule has 4 nitrogen and oxygen atoms in total. The van der Waals surface area contributed by atoms with E-state index in [0.717, 1.165) is 69.4 Å². The lowest BCUT2D eigenvalue weighted by Gasteiger charge is -2.44. The van der Waals surface area contributed by atoms with E-state index in [-0.39, 0.29) is 11.5 Å². The van der Waals surface area contributed by atoms with E-state index in [4.69, 9.17) is 10.5 Å². The third kappa shape index (κ3) is 4.92. The van der Waals surface area contributed by atoms with E-state index in [1.165, 1.54) is 12.0 Å². The number of likely N-dealkylation sites (tertiary alicyclic amines) is 1. The Morgan fingerprint density at radius 2 is 1.89 bits per heavy atom. The summed E-state index contributed by atoms with van der Waals surface area (Å²) in [6.45, 7) is 7.39. The van der Waals surface area contributed by atoms with Gasteiger partial charge in [0.15, 0.2) is 0 Å². The Bertz CT molecular complexity index is 644. The monoisotopic (exact) mass is 386 g/mol. The Morgan fingerprint density at radius 1 is 1.25 bits per heavy atom. The molecule has 2 fully saturated rings. The summed E-state index contributed by atoms with van der Waals surface area (Å²) in [7, 11) is 3.82. The van der Waals surface area contributed by atoms with Crippen molar-refractivity contribution in [2.45, 2.75) is 75.9 Å². The molecule has 1 aliphatic heterocycles. The maximum absolute atomic E-state index is 11.6. The topological polar surface area (TPSA) is 58.7 Å². The number of nitrogens with zero attached hydrogens (tertiary/aromatic N) is 1. The average Bonchev–Trinajstić information content (AvgIpc) is 2.66. The van der Waals surface area contributed by atoms with Crippen LogP contribution in [-0.2, 0) is 0 Å². The number of hydrogen-bond donors (Lipinski definition) is 2. The van der Waals surface area contributed by atoms with E-state index in [9.17, 15) is 5.11 Å². The number of ether oxygens (including phenoxy) is 1. The van der Waals surface area contributed by atoms with Crippen molar-refractivity contribution < 1.29 is 9.84 Å². The number of nitrogens with two attached hydrogens (primary N) is 1. The number of methoxy groups -OCH3 is 1. The van der Waals surface area contributed by atoms with Gasteiger partial charge < -0.3 is 20.5 Å². The molecule has 0 spiro atoms. The highest BCUT2D eigenvalue weighted by Gasteiger charge is 2.40. The number of benzene rings is 1. The van der Waals surface area contributed by atoms with Crippen LogP contribution in [0.4, 0.5) is 0 Å². The lowest BCUT2D eigenvalue weighted by atomic mass is 9.71. The molecular weight excluding hydrogens is 347 g/mol. The number of piperidine rings is 1. The van der Waals surface area contributed by atoms with Crippen LogP contribution in [0.25, 0.3) is 0 Å². The van der Waals surface area contributed by atoms with Gasteiger partial charge in [0, 0.05) is 18.0 Å². The van der Waals surface area contributed by atoms with E-state index >= 15 is 0 Å². The van der Waals surface area contributed by atoms with Crippen LogP contribution in [0.5, 0.6) is 5.75 Å². The molecule has 0 aromatic heterocycles. The minimum absolute atomic E-state index is 0.0971. The van der Waals surface area contributed by atoms with E-state index < -0.39 is 5.60 Å². The minimum Gasteiger partial charge on any atom is -0.497 e. The van der Waals surface area contributed by atoms with Gasteiger partial charge in [-0.15, -0.1) is 0 Å². The molecule has 2 aliphatic rings. The molecule has 1 aromatic carbocycles. The van der Waals surface area contributed by atoms with Crippen LogP contribution in [0.3, 0.4) is 0 Å². The molecule has 28 heavy (non-hydrogen) atoms.